The zero-order valence-electron chi connectivity index (χ0n) is 26.0. The first-order valence-electron chi connectivity index (χ1n) is 15.3. The van der Waals surface area contributed by atoms with Gasteiger partial charge >= 0.3 is 5.97 Å². The third-order valence-electron chi connectivity index (χ3n) is 9.61. The molecule has 1 amide bonds. The molecule has 0 bridgehead atoms. The van der Waals surface area contributed by atoms with Gasteiger partial charge in [-0.15, -0.1) is 11.3 Å². The number of methoxy groups -OCH3 is 1. The van der Waals surface area contributed by atoms with Crippen LogP contribution in [0.2, 0.25) is 0 Å². The average Bonchev–Trinajstić information content (AvgIpc) is 3.70. The number of rotatable bonds is 9. The van der Waals surface area contributed by atoms with Gasteiger partial charge in [0, 0.05) is 31.9 Å². The number of Topliss-reactive ketones (excluding diaryl/α,β-unsaturated/α-hetero) is 1. The predicted molar refractivity (Wildman–Crippen MR) is 167 cm³/mol. The molecule has 6 rings (SSSR count). The van der Waals surface area contributed by atoms with Crippen LogP contribution in [0.15, 0.2) is 41.1 Å². The molecule has 0 saturated carbocycles. The Balaban J connectivity index is 1.43. The van der Waals surface area contributed by atoms with Gasteiger partial charge in [-0.3, -0.25) is 24.2 Å². The third kappa shape index (κ3) is 5.47. The average molecular weight is 638 g/mol. The summed E-state index contributed by atoms with van der Waals surface area (Å²) in [7, 11) is 1.61. The summed E-state index contributed by atoms with van der Waals surface area (Å²) in [5.74, 6) is -0.422. The van der Waals surface area contributed by atoms with Crippen LogP contribution in [0.5, 0.6) is 5.75 Å². The number of amides is 1. The number of aromatic nitrogens is 1. The fourth-order valence-electron chi connectivity index (χ4n) is 6.73. The van der Waals surface area contributed by atoms with Gasteiger partial charge in [0.05, 0.1) is 36.4 Å². The number of carbonyl (C=O) groups excluding carboxylic acids is 2. The summed E-state index contributed by atoms with van der Waals surface area (Å²) in [6, 6.07) is 7.63. The van der Waals surface area contributed by atoms with Crippen molar-refractivity contribution in [2.24, 2.45) is 5.41 Å². The molecule has 11 nitrogen and oxygen atoms in total. The standard InChI is InChI=1S/C33H39N3O8S/c1-20-25-27(37)33(11-14-35(15-12-33)32(2,3)31(39)40)30(38)36(29(25)45-26(20)28-34-13-18-43-28)19-24(44-21-9-16-42-17-10-21)22-7-5-6-8-23(22)41-4/h5-8,13,18,21,24H,9-12,14-17,19H2,1-4H3,(H,39,40)/t24-/m0/s1. The number of aliphatic carboxylic acids is 1. The number of nitrogens with zero attached hydrogens (tertiary/aromatic N) is 3. The van der Waals surface area contributed by atoms with Crippen molar-refractivity contribution in [3.63, 3.8) is 0 Å². The van der Waals surface area contributed by atoms with Crippen LogP contribution in [0, 0.1) is 12.3 Å². The van der Waals surface area contributed by atoms with Crippen LogP contribution in [0.25, 0.3) is 10.8 Å². The smallest absolute Gasteiger partial charge is 0.323 e. The minimum Gasteiger partial charge on any atom is -0.496 e. The van der Waals surface area contributed by atoms with Crippen LogP contribution in [0.1, 0.15) is 67.1 Å². The molecule has 0 radical (unpaired) electrons. The van der Waals surface area contributed by atoms with Gasteiger partial charge in [0.15, 0.2) is 5.78 Å². The summed E-state index contributed by atoms with van der Waals surface area (Å²) < 4.78 is 23.7. The highest BCUT2D eigenvalue weighted by molar-refractivity contribution is 7.20. The van der Waals surface area contributed by atoms with E-state index in [1.807, 2.05) is 36.1 Å². The van der Waals surface area contributed by atoms with Crippen LogP contribution in [-0.2, 0) is 19.1 Å². The Hall–Kier alpha value is -3.58. The fraction of sp³-hybridized carbons (Fsp3) is 0.515. The molecular formula is C33H39N3O8S. The van der Waals surface area contributed by atoms with Crippen molar-refractivity contribution in [3.8, 4) is 16.5 Å². The number of carbonyl (C=O) groups is 3. The van der Waals surface area contributed by atoms with Crippen LogP contribution in [0.4, 0.5) is 5.00 Å². The number of piperidine rings is 1. The molecule has 3 aliphatic rings. The molecule has 1 aromatic carbocycles. The second kappa shape index (κ2) is 12.3. The maximum Gasteiger partial charge on any atom is 0.323 e. The SMILES string of the molecule is COc1ccccc1[C@H](CN1C(=O)C2(CCN(C(C)(C)C(=O)O)CC2)C(=O)c2c1sc(-c1ncco1)c2C)OC1CCOCC1. The molecule has 1 spiro atoms. The first-order chi connectivity index (χ1) is 21.6. The second-order valence-electron chi connectivity index (χ2n) is 12.4. The lowest BCUT2D eigenvalue weighted by Gasteiger charge is -2.48. The molecule has 0 aliphatic carbocycles. The van der Waals surface area contributed by atoms with Gasteiger partial charge in [-0.1, -0.05) is 18.2 Å². The highest BCUT2D eigenvalue weighted by Crippen LogP contribution is 2.52. The van der Waals surface area contributed by atoms with Gasteiger partial charge in [-0.05, 0) is 58.1 Å². The summed E-state index contributed by atoms with van der Waals surface area (Å²) in [5.41, 5.74) is -0.445. The van der Waals surface area contributed by atoms with E-state index in [0.29, 0.717) is 58.9 Å². The van der Waals surface area contributed by atoms with E-state index in [1.165, 1.54) is 17.6 Å². The zero-order valence-corrected chi connectivity index (χ0v) is 26.9. The minimum atomic E-state index is -1.33. The van der Waals surface area contributed by atoms with Crippen LogP contribution < -0.4 is 9.64 Å². The number of ether oxygens (including phenoxy) is 3. The zero-order chi connectivity index (χ0) is 31.9. The van der Waals surface area contributed by atoms with Crippen molar-refractivity contribution in [2.45, 2.75) is 64.2 Å². The number of carboxylic acids is 1. The number of likely N-dealkylation sites (tertiary alicyclic amines) is 1. The van der Waals surface area contributed by atoms with E-state index in [4.69, 9.17) is 18.6 Å². The summed E-state index contributed by atoms with van der Waals surface area (Å²) in [5, 5.41) is 10.4. The first kappa shape index (κ1) is 31.4. The molecule has 45 heavy (non-hydrogen) atoms. The number of anilines is 1. The second-order valence-corrected chi connectivity index (χ2v) is 13.4. The third-order valence-corrected chi connectivity index (χ3v) is 10.9. The van der Waals surface area contributed by atoms with Crippen molar-refractivity contribution in [2.75, 3.05) is 44.9 Å². The fourth-order valence-corrected chi connectivity index (χ4v) is 7.98. The normalized spacial score (nSPS) is 20.0. The van der Waals surface area contributed by atoms with E-state index < -0.39 is 23.0 Å². The van der Waals surface area contributed by atoms with E-state index in [1.54, 1.807) is 32.1 Å². The molecule has 3 aromatic rings. The van der Waals surface area contributed by atoms with E-state index in [9.17, 15) is 19.5 Å². The Morgan fingerprint density at radius 1 is 1.20 bits per heavy atom. The van der Waals surface area contributed by atoms with Crippen molar-refractivity contribution >= 4 is 34.0 Å². The van der Waals surface area contributed by atoms with Crippen LogP contribution in [-0.4, -0.2) is 84.3 Å². The highest BCUT2D eigenvalue weighted by atomic mass is 32.1. The van der Waals surface area contributed by atoms with Gasteiger partial charge in [-0.2, -0.15) is 0 Å². The number of hydrogen-bond donors (Lipinski definition) is 1. The molecule has 1 atom stereocenters. The molecule has 2 aromatic heterocycles. The summed E-state index contributed by atoms with van der Waals surface area (Å²) in [4.78, 5) is 50.0. The topological polar surface area (TPSA) is 132 Å². The van der Waals surface area contributed by atoms with E-state index in [2.05, 4.69) is 4.98 Å². The largest absolute Gasteiger partial charge is 0.496 e. The van der Waals surface area contributed by atoms with Gasteiger partial charge in [0.1, 0.15) is 34.1 Å². The number of ketones is 1. The lowest BCUT2D eigenvalue weighted by Crippen LogP contribution is -2.61. The van der Waals surface area contributed by atoms with Crippen LogP contribution >= 0.6 is 11.3 Å². The van der Waals surface area contributed by atoms with Crippen molar-refractivity contribution in [1.82, 2.24) is 9.88 Å². The molecule has 1 N–H and O–H groups in total. The lowest BCUT2D eigenvalue weighted by atomic mass is 9.69. The Labute approximate surface area is 266 Å². The molecule has 2 fully saturated rings. The van der Waals surface area contributed by atoms with Gasteiger partial charge in [0.25, 0.3) is 0 Å². The first-order valence-corrected chi connectivity index (χ1v) is 16.1. The molecule has 2 saturated heterocycles. The van der Waals surface area contributed by atoms with Crippen LogP contribution in [0.3, 0.4) is 0 Å². The molecule has 5 heterocycles. The molecule has 240 valence electrons. The van der Waals surface area contributed by atoms with E-state index in [0.717, 1.165) is 18.4 Å². The molecule has 3 aliphatic heterocycles. The highest BCUT2D eigenvalue weighted by Gasteiger charge is 2.57. The summed E-state index contributed by atoms with van der Waals surface area (Å²) in [6.07, 6.45) is 4.30. The maximum atomic E-state index is 14.8. The van der Waals surface area contributed by atoms with Crippen molar-refractivity contribution in [1.29, 1.82) is 0 Å². The van der Waals surface area contributed by atoms with Gasteiger partial charge < -0.3 is 23.7 Å². The number of oxazole rings is 1. The quantitative estimate of drug-likeness (QED) is 0.315. The Morgan fingerprint density at radius 3 is 2.56 bits per heavy atom. The number of para-hydroxylation sites is 1. The van der Waals surface area contributed by atoms with E-state index >= 15 is 0 Å². The van der Waals surface area contributed by atoms with Crippen molar-refractivity contribution < 1.29 is 38.1 Å². The molecule has 12 heteroatoms. The minimum absolute atomic E-state index is 0.0712. The predicted octanol–water partition coefficient (Wildman–Crippen LogP) is 5.13. The van der Waals surface area contributed by atoms with Crippen molar-refractivity contribution in [3.05, 3.63) is 53.4 Å². The molecular weight excluding hydrogens is 598 g/mol. The number of thiophene rings is 1. The Morgan fingerprint density at radius 2 is 1.91 bits per heavy atom. The summed E-state index contributed by atoms with van der Waals surface area (Å²) in [6.45, 7) is 7.12. The summed E-state index contributed by atoms with van der Waals surface area (Å²) >= 11 is 1.32. The number of hydrogen-bond acceptors (Lipinski definition) is 10. The number of carboxylic acid groups (broad SMARTS) is 1. The van der Waals surface area contributed by atoms with Gasteiger partial charge in [0.2, 0.25) is 11.8 Å². The maximum absolute atomic E-state index is 14.8. The monoisotopic (exact) mass is 637 g/mol. The Kier molecular flexibility index (Phi) is 8.59. The lowest BCUT2D eigenvalue weighted by molar-refractivity contribution is -0.151. The van der Waals surface area contributed by atoms with Gasteiger partial charge in [-0.25, -0.2) is 4.98 Å². The Bertz CT molecular complexity index is 1570. The number of fused-ring (bicyclic) bond motifs is 1. The molecule has 0 unspecified atom stereocenters. The number of benzene rings is 1. The van der Waals surface area contributed by atoms with E-state index in [-0.39, 0.29) is 37.2 Å².